The van der Waals surface area contributed by atoms with E-state index in [1.807, 2.05) is 0 Å². The minimum absolute atomic E-state index is 0.315. The predicted molar refractivity (Wildman–Crippen MR) is 51.0 cm³/mol. The Morgan fingerprint density at radius 2 is 2.20 bits per heavy atom. The van der Waals surface area contributed by atoms with Gasteiger partial charge in [-0.05, 0) is 15.9 Å². The number of nitro groups is 1. The molecule has 0 saturated heterocycles. The van der Waals surface area contributed by atoms with Gasteiger partial charge in [0.1, 0.15) is 16.0 Å². The van der Waals surface area contributed by atoms with E-state index in [0.29, 0.717) is 0 Å². The Morgan fingerprint density at radius 1 is 1.60 bits per heavy atom. The lowest BCUT2D eigenvalue weighted by atomic mass is 10.3. The third-order valence-corrected chi connectivity index (χ3v) is 2.18. The number of ether oxygens (including phenoxy) is 1. The Hall–Kier alpha value is -1.70. The fourth-order valence-electron chi connectivity index (χ4n) is 0.858. The number of primary amides is 1. The Balaban J connectivity index is 3.23. The van der Waals surface area contributed by atoms with E-state index >= 15 is 0 Å². The molecular formula is C7H4BrFN2O4. The van der Waals surface area contributed by atoms with Gasteiger partial charge in [-0.15, -0.1) is 0 Å². The van der Waals surface area contributed by atoms with Crippen molar-refractivity contribution in [2.45, 2.75) is 0 Å². The molecule has 0 aliphatic carbocycles. The van der Waals surface area contributed by atoms with Crippen LogP contribution in [0.4, 0.5) is 14.9 Å². The number of hydrogen-bond acceptors (Lipinski definition) is 4. The molecule has 0 bridgehead atoms. The standard InChI is InChI=1S/C7H4BrFN2O4/c8-6-4(9)1-3(15-7(10)12)2-5(6)11(13)14/h1-2H,(H2,10,12). The average Bonchev–Trinajstić information content (AvgIpc) is 2.09. The van der Waals surface area contributed by atoms with Gasteiger partial charge in [0.2, 0.25) is 0 Å². The maximum Gasteiger partial charge on any atom is 0.409 e. The molecule has 2 N–H and O–H groups in total. The highest BCUT2D eigenvalue weighted by Gasteiger charge is 2.19. The first-order valence-electron chi connectivity index (χ1n) is 3.52. The zero-order valence-electron chi connectivity index (χ0n) is 7.07. The molecule has 0 aromatic heterocycles. The summed E-state index contributed by atoms with van der Waals surface area (Å²) < 4.78 is 17.1. The van der Waals surface area contributed by atoms with E-state index in [4.69, 9.17) is 0 Å². The highest BCUT2D eigenvalue weighted by Crippen LogP contribution is 2.32. The van der Waals surface area contributed by atoms with Crippen LogP contribution < -0.4 is 10.5 Å². The number of nitrogens with two attached hydrogens (primary N) is 1. The van der Waals surface area contributed by atoms with Gasteiger partial charge in [-0.25, -0.2) is 9.18 Å². The summed E-state index contributed by atoms with van der Waals surface area (Å²) in [6.45, 7) is 0. The predicted octanol–water partition coefficient (Wildman–Crippen LogP) is 1.95. The van der Waals surface area contributed by atoms with Gasteiger partial charge in [-0.3, -0.25) is 10.1 Å². The third kappa shape index (κ3) is 2.62. The molecular weight excluding hydrogens is 275 g/mol. The van der Waals surface area contributed by atoms with E-state index < -0.39 is 22.5 Å². The van der Waals surface area contributed by atoms with Crippen molar-refractivity contribution in [3.05, 3.63) is 32.5 Å². The molecule has 80 valence electrons. The van der Waals surface area contributed by atoms with Crippen LogP contribution in [0.2, 0.25) is 0 Å². The number of nitrogens with zero attached hydrogens (tertiary/aromatic N) is 1. The normalized spacial score (nSPS) is 9.73. The van der Waals surface area contributed by atoms with Gasteiger partial charge in [-0.2, -0.15) is 0 Å². The van der Waals surface area contributed by atoms with Gasteiger partial charge in [0.05, 0.1) is 11.0 Å². The van der Waals surface area contributed by atoms with Crippen LogP contribution in [-0.4, -0.2) is 11.0 Å². The minimum Gasteiger partial charge on any atom is -0.410 e. The summed E-state index contributed by atoms with van der Waals surface area (Å²) in [7, 11) is 0. The molecule has 6 nitrogen and oxygen atoms in total. The summed E-state index contributed by atoms with van der Waals surface area (Å²) in [6.07, 6.45) is -1.17. The first kappa shape index (κ1) is 11.4. The highest BCUT2D eigenvalue weighted by molar-refractivity contribution is 9.10. The van der Waals surface area contributed by atoms with Gasteiger partial charge in [-0.1, -0.05) is 0 Å². The van der Waals surface area contributed by atoms with Gasteiger partial charge in [0, 0.05) is 6.07 Å². The Morgan fingerprint density at radius 3 is 2.67 bits per heavy atom. The molecule has 1 aromatic rings. The second-order valence-electron chi connectivity index (χ2n) is 2.42. The number of carbonyl (C=O) groups is 1. The zero-order valence-corrected chi connectivity index (χ0v) is 8.65. The van der Waals surface area contributed by atoms with Gasteiger partial charge in [0.15, 0.2) is 0 Å². The molecule has 1 amide bonds. The number of carbonyl (C=O) groups excluding carboxylic acids is 1. The molecule has 15 heavy (non-hydrogen) atoms. The zero-order chi connectivity index (χ0) is 11.6. The number of hydrogen-bond donors (Lipinski definition) is 1. The van der Waals surface area contributed by atoms with E-state index in [9.17, 15) is 19.3 Å². The summed E-state index contributed by atoms with van der Waals surface area (Å²) >= 11 is 2.69. The van der Waals surface area contributed by atoms with E-state index in [1.54, 1.807) is 0 Å². The number of nitro benzene ring substituents is 1. The van der Waals surface area contributed by atoms with Crippen LogP contribution in [0.1, 0.15) is 0 Å². The Labute approximate surface area is 91.1 Å². The van der Waals surface area contributed by atoms with Crippen molar-refractivity contribution in [1.29, 1.82) is 0 Å². The van der Waals surface area contributed by atoms with Crippen LogP contribution >= 0.6 is 15.9 Å². The molecule has 0 aliphatic rings. The average molecular weight is 279 g/mol. The SMILES string of the molecule is NC(=O)Oc1cc(F)c(Br)c([N+](=O)[O-])c1. The van der Waals surface area contributed by atoms with E-state index in [0.717, 1.165) is 12.1 Å². The summed E-state index contributed by atoms with van der Waals surface area (Å²) in [4.78, 5) is 20.0. The maximum atomic E-state index is 13.1. The van der Waals surface area contributed by atoms with Gasteiger partial charge in [0.25, 0.3) is 5.69 Å². The van der Waals surface area contributed by atoms with Crippen LogP contribution in [0.15, 0.2) is 16.6 Å². The van der Waals surface area contributed by atoms with Crippen molar-refractivity contribution >= 4 is 27.7 Å². The van der Waals surface area contributed by atoms with Crippen LogP contribution in [0.25, 0.3) is 0 Å². The Bertz CT molecular complexity index is 437. The minimum atomic E-state index is -1.17. The molecule has 0 saturated carbocycles. The monoisotopic (exact) mass is 278 g/mol. The lowest BCUT2D eigenvalue weighted by Gasteiger charge is -2.02. The van der Waals surface area contributed by atoms with Crippen molar-refractivity contribution < 1.29 is 18.8 Å². The van der Waals surface area contributed by atoms with Crippen molar-refractivity contribution in [3.8, 4) is 5.75 Å². The molecule has 0 fully saturated rings. The number of rotatable bonds is 2. The van der Waals surface area contributed by atoms with Crippen LogP contribution in [-0.2, 0) is 0 Å². The highest BCUT2D eigenvalue weighted by atomic mass is 79.9. The fraction of sp³-hybridized carbons (Fsp3) is 0. The first-order chi connectivity index (χ1) is 6.91. The molecule has 0 heterocycles. The molecule has 0 radical (unpaired) electrons. The fourth-order valence-corrected chi connectivity index (χ4v) is 1.23. The summed E-state index contributed by atoms with van der Waals surface area (Å²) in [5.74, 6) is -1.24. The van der Waals surface area contributed by atoms with Crippen LogP contribution in [0.3, 0.4) is 0 Å². The third-order valence-electron chi connectivity index (χ3n) is 1.40. The molecule has 8 heteroatoms. The first-order valence-corrected chi connectivity index (χ1v) is 4.32. The number of benzene rings is 1. The molecule has 0 atom stereocenters. The molecule has 1 rings (SSSR count). The van der Waals surface area contributed by atoms with Crippen LogP contribution in [0.5, 0.6) is 5.75 Å². The van der Waals surface area contributed by atoms with Crippen molar-refractivity contribution in [3.63, 3.8) is 0 Å². The number of halogens is 2. The van der Waals surface area contributed by atoms with Crippen molar-refractivity contribution in [2.24, 2.45) is 5.73 Å². The summed E-state index contributed by atoms with van der Waals surface area (Å²) in [5, 5.41) is 10.4. The van der Waals surface area contributed by atoms with Gasteiger partial charge < -0.3 is 10.5 Å². The van der Waals surface area contributed by atoms with E-state index in [2.05, 4.69) is 26.4 Å². The summed E-state index contributed by atoms with van der Waals surface area (Å²) in [6, 6.07) is 1.69. The molecule has 0 unspecified atom stereocenters. The Kier molecular flexibility index (Phi) is 3.20. The van der Waals surface area contributed by atoms with Crippen molar-refractivity contribution in [2.75, 3.05) is 0 Å². The second kappa shape index (κ2) is 4.22. The second-order valence-corrected chi connectivity index (χ2v) is 3.21. The maximum absolute atomic E-state index is 13.1. The summed E-state index contributed by atoms with van der Waals surface area (Å²) in [5.41, 5.74) is 4.12. The molecule has 0 spiro atoms. The number of amides is 1. The lowest BCUT2D eigenvalue weighted by molar-refractivity contribution is -0.385. The van der Waals surface area contributed by atoms with E-state index in [-0.39, 0.29) is 10.2 Å². The van der Waals surface area contributed by atoms with Gasteiger partial charge >= 0.3 is 6.09 Å². The topological polar surface area (TPSA) is 95.5 Å². The van der Waals surface area contributed by atoms with Crippen molar-refractivity contribution in [1.82, 2.24) is 0 Å². The lowest BCUT2D eigenvalue weighted by Crippen LogP contribution is -2.16. The smallest absolute Gasteiger partial charge is 0.409 e. The van der Waals surface area contributed by atoms with Crippen LogP contribution in [0, 0.1) is 15.9 Å². The quantitative estimate of drug-likeness (QED) is 0.661. The largest absolute Gasteiger partial charge is 0.410 e. The molecule has 0 aliphatic heterocycles. The molecule has 1 aromatic carbocycles. The van der Waals surface area contributed by atoms with E-state index in [1.165, 1.54) is 0 Å².